The summed E-state index contributed by atoms with van der Waals surface area (Å²) < 4.78 is 0. The summed E-state index contributed by atoms with van der Waals surface area (Å²) in [6.07, 6.45) is 3.55. The highest BCUT2D eigenvalue weighted by molar-refractivity contribution is 5.78. The highest BCUT2D eigenvalue weighted by Gasteiger charge is 2.03. The van der Waals surface area contributed by atoms with Crippen molar-refractivity contribution in [2.75, 3.05) is 5.73 Å². The first-order valence-electron chi connectivity index (χ1n) is 5.95. The number of nitrogen functional groups attached to an aromatic ring is 1. The molecule has 4 nitrogen and oxygen atoms in total. The van der Waals surface area contributed by atoms with Crippen molar-refractivity contribution in [1.82, 2.24) is 15.0 Å². The van der Waals surface area contributed by atoms with E-state index in [2.05, 4.69) is 15.0 Å². The number of aromatic nitrogens is 3. The molecule has 3 aromatic rings. The molecule has 0 spiro atoms. The summed E-state index contributed by atoms with van der Waals surface area (Å²) in [5.74, 6) is 0.973. The maximum absolute atomic E-state index is 5.74. The third-order valence-electron chi connectivity index (χ3n) is 2.90. The first-order valence-corrected chi connectivity index (χ1v) is 5.95. The smallest absolute Gasteiger partial charge is 0.107 e. The number of nitrogens with two attached hydrogens (primary N) is 1. The molecule has 0 atom stereocenters. The van der Waals surface area contributed by atoms with Gasteiger partial charge in [-0.2, -0.15) is 0 Å². The van der Waals surface area contributed by atoms with Gasteiger partial charge in [0.1, 0.15) is 5.82 Å². The highest BCUT2D eigenvalue weighted by atomic mass is 14.9. The second-order valence-corrected chi connectivity index (χ2v) is 4.28. The molecule has 0 aliphatic heterocycles. The number of pyridine rings is 1. The Morgan fingerprint density at radius 3 is 2.89 bits per heavy atom. The molecule has 0 aliphatic carbocycles. The van der Waals surface area contributed by atoms with Crippen molar-refractivity contribution in [1.29, 1.82) is 0 Å². The fourth-order valence-corrected chi connectivity index (χ4v) is 1.99. The van der Waals surface area contributed by atoms with Gasteiger partial charge in [0.15, 0.2) is 0 Å². The van der Waals surface area contributed by atoms with E-state index < -0.39 is 0 Å². The molecule has 90 valence electrons. The van der Waals surface area contributed by atoms with Crippen LogP contribution in [0.2, 0.25) is 0 Å². The highest BCUT2D eigenvalue weighted by Crippen LogP contribution is 2.15. The number of H-pyrrole nitrogens is 1. The van der Waals surface area contributed by atoms with Gasteiger partial charge in [-0.25, -0.2) is 4.98 Å². The maximum atomic E-state index is 5.74. The molecule has 0 amide bonds. The fourth-order valence-electron chi connectivity index (χ4n) is 1.99. The number of fused-ring (bicyclic) bond motifs is 1. The molecule has 0 radical (unpaired) electrons. The van der Waals surface area contributed by atoms with Gasteiger partial charge in [0.05, 0.1) is 11.0 Å². The number of benzene rings is 1. The van der Waals surface area contributed by atoms with Crippen molar-refractivity contribution in [3.63, 3.8) is 0 Å². The van der Waals surface area contributed by atoms with Crippen molar-refractivity contribution in [2.24, 2.45) is 0 Å². The lowest BCUT2D eigenvalue weighted by Crippen LogP contribution is -1.95. The summed E-state index contributed by atoms with van der Waals surface area (Å²) in [6, 6.07) is 11.7. The van der Waals surface area contributed by atoms with Crippen LogP contribution in [0.4, 0.5) is 5.69 Å². The number of aryl methyl sites for hydroxylation is 2. The molecule has 3 rings (SSSR count). The average Bonchev–Trinajstić information content (AvgIpc) is 2.79. The van der Waals surface area contributed by atoms with Crippen molar-refractivity contribution in [3.8, 4) is 0 Å². The Morgan fingerprint density at radius 2 is 2.06 bits per heavy atom. The zero-order valence-electron chi connectivity index (χ0n) is 9.93. The summed E-state index contributed by atoms with van der Waals surface area (Å²) in [6.45, 7) is 0. The maximum Gasteiger partial charge on any atom is 0.107 e. The van der Waals surface area contributed by atoms with E-state index in [1.54, 1.807) is 0 Å². The topological polar surface area (TPSA) is 67.6 Å². The summed E-state index contributed by atoms with van der Waals surface area (Å²) in [4.78, 5) is 12.1. The van der Waals surface area contributed by atoms with Gasteiger partial charge in [0.25, 0.3) is 0 Å². The predicted molar refractivity (Wildman–Crippen MR) is 72.2 cm³/mol. The number of nitrogens with zero attached hydrogens (tertiary/aromatic N) is 2. The van der Waals surface area contributed by atoms with Crippen molar-refractivity contribution < 1.29 is 0 Å². The molecular formula is C14H14N4. The average molecular weight is 238 g/mol. The van der Waals surface area contributed by atoms with Gasteiger partial charge in [0.2, 0.25) is 0 Å². The Balaban J connectivity index is 1.79. The monoisotopic (exact) mass is 238 g/mol. The van der Waals surface area contributed by atoms with Crippen LogP contribution in [0, 0.1) is 0 Å². The third kappa shape index (κ3) is 2.18. The number of hydrogen-bond acceptors (Lipinski definition) is 3. The molecule has 0 aliphatic rings. The first-order chi connectivity index (χ1) is 8.81. The largest absolute Gasteiger partial charge is 0.399 e. The van der Waals surface area contributed by atoms with E-state index in [1.165, 1.54) is 0 Å². The van der Waals surface area contributed by atoms with Crippen molar-refractivity contribution >= 4 is 16.7 Å². The number of aromatic amines is 1. The Kier molecular flexibility index (Phi) is 2.68. The lowest BCUT2D eigenvalue weighted by molar-refractivity contribution is 0.861. The van der Waals surface area contributed by atoms with E-state index in [1.807, 2.05) is 42.6 Å². The lowest BCUT2D eigenvalue weighted by atomic mass is 10.2. The summed E-state index contributed by atoms with van der Waals surface area (Å²) in [7, 11) is 0. The Labute approximate surface area is 105 Å². The second kappa shape index (κ2) is 4.49. The van der Waals surface area contributed by atoms with Crippen LogP contribution >= 0.6 is 0 Å². The molecule has 3 N–H and O–H groups in total. The van der Waals surface area contributed by atoms with Gasteiger partial charge >= 0.3 is 0 Å². The molecule has 0 saturated carbocycles. The van der Waals surface area contributed by atoms with E-state index in [-0.39, 0.29) is 0 Å². The molecule has 2 heterocycles. The molecule has 0 unspecified atom stereocenters. The Morgan fingerprint density at radius 1 is 1.11 bits per heavy atom. The predicted octanol–water partition coefficient (Wildman–Crippen LogP) is 2.33. The van der Waals surface area contributed by atoms with Gasteiger partial charge in [-0.05, 0) is 36.8 Å². The molecule has 4 heteroatoms. The third-order valence-corrected chi connectivity index (χ3v) is 2.90. The van der Waals surface area contributed by atoms with Crippen LogP contribution in [0.15, 0.2) is 42.6 Å². The number of rotatable bonds is 3. The zero-order chi connectivity index (χ0) is 12.4. The van der Waals surface area contributed by atoms with E-state index >= 15 is 0 Å². The summed E-state index contributed by atoms with van der Waals surface area (Å²) >= 11 is 0. The van der Waals surface area contributed by atoms with Crippen LogP contribution in [0.25, 0.3) is 11.0 Å². The molecule has 0 saturated heterocycles. The van der Waals surface area contributed by atoms with E-state index in [4.69, 9.17) is 5.73 Å². The van der Waals surface area contributed by atoms with Crippen LogP contribution in [0.1, 0.15) is 11.5 Å². The fraction of sp³-hybridized carbons (Fsp3) is 0.143. The van der Waals surface area contributed by atoms with E-state index in [9.17, 15) is 0 Å². The van der Waals surface area contributed by atoms with Gasteiger partial charge in [-0.1, -0.05) is 6.07 Å². The van der Waals surface area contributed by atoms with Crippen LogP contribution in [0.3, 0.4) is 0 Å². The standard InChI is InChI=1S/C14H14N4/c15-10-4-6-12-13(9-10)18-14(17-12)7-5-11-3-1-2-8-16-11/h1-4,6,8-9H,5,7,15H2,(H,17,18). The minimum Gasteiger partial charge on any atom is -0.399 e. The van der Waals surface area contributed by atoms with Gasteiger partial charge in [-0.15, -0.1) is 0 Å². The Hall–Kier alpha value is -2.36. The minimum absolute atomic E-state index is 0.752. The summed E-state index contributed by atoms with van der Waals surface area (Å²) in [5.41, 5.74) is 9.52. The quantitative estimate of drug-likeness (QED) is 0.688. The van der Waals surface area contributed by atoms with Crippen LogP contribution in [-0.2, 0) is 12.8 Å². The number of nitrogens with one attached hydrogen (secondary N) is 1. The van der Waals surface area contributed by atoms with Crippen LogP contribution in [0.5, 0.6) is 0 Å². The molecule has 2 aromatic heterocycles. The second-order valence-electron chi connectivity index (χ2n) is 4.28. The SMILES string of the molecule is Nc1ccc2nc(CCc3ccccn3)[nH]c2c1. The minimum atomic E-state index is 0.752. The zero-order valence-corrected chi connectivity index (χ0v) is 9.93. The van der Waals surface area contributed by atoms with Crippen LogP contribution < -0.4 is 5.73 Å². The first kappa shape index (κ1) is 10.8. The molecule has 1 aromatic carbocycles. The van der Waals surface area contributed by atoms with Crippen molar-refractivity contribution in [2.45, 2.75) is 12.8 Å². The van der Waals surface area contributed by atoms with E-state index in [0.29, 0.717) is 0 Å². The molecular weight excluding hydrogens is 224 g/mol. The van der Waals surface area contributed by atoms with Gasteiger partial charge < -0.3 is 10.7 Å². The molecule has 18 heavy (non-hydrogen) atoms. The summed E-state index contributed by atoms with van der Waals surface area (Å²) in [5, 5.41) is 0. The van der Waals surface area contributed by atoms with Gasteiger partial charge in [0, 0.05) is 24.0 Å². The van der Waals surface area contributed by atoms with Gasteiger partial charge in [-0.3, -0.25) is 4.98 Å². The number of hydrogen-bond donors (Lipinski definition) is 2. The van der Waals surface area contributed by atoms with Crippen molar-refractivity contribution in [3.05, 3.63) is 54.1 Å². The number of imidazole rings is 1. The Bertz CT molecular complexity index is 658. The molecule has 0 fully saturated rings. The normalized spacial score (nSPS) is 10.9. The van der Waals surface area contributed by atoms with E-state index in [0.717, 1.165) is 41.1 Å². The number of anilines is 1. The van der Waals surface area contributed by atoms with Crippen LogP contribution in [-0.4, -0.2) is 15.0 Å². The molecule has 0 bridgehead atoms. The lowest BCUT2D eigenvalue weighted by Gasteiger charge is -1.96.